The molecule has 2 aromatic carbocycles. The Morgan fingerprint density at radius 1 is 0.871 bits per heavy atom. The quantitative estimate of drug-likeness (QED) is 0.425. The molecule has 31 heavy (non-hydrogen) atoms. The predicted molar refractivity (Wildman–Crippen MR) is 116 cm³/mol. The maximum Gasteiger partial charge on any atom is 0.289 e. The molecule has 3 rings (SSSR count). The smallest absolute Gasteiger partial charge is 0.289 e. The fourth-order valence-corrected chi connectivity index (χ4v) is 2.90. The molecule has 1 heterocycles. The number of carbonyl (C=O) groups is 1. The van der Waals surface area contributed by atoms with E-state index in [1.165, 1.54) is 0 Å². The lowest BCUT2D eigenvalue weighted by molar-refractivity contribution is 0.0950. The molecular formula is C22H24N4O5. The van der Waals surface area contributed by atoms with E-state index in [-0.39, 0.29) is 5.69 Å². The lowest BCUT2D eigenvalue weighted by Gasteiger charge is -2.09. The molecule has 0 spiro atoms. The van der Waals surface area contributed by atoms with Gasteiger partial charge in [-0.1, -0.05) is 0 Å². The Labute approximate surface area is 180 Å². The summed E-state index contributed by atoms with van der Waals surface area (Å²) < 4.78 is 21.1. The molecule has 1 amide bonds. The van der Waals surface area contributed by atoms with Crippen LogP contribution < -0.4 is 24.4 Å². The molecule has 0 saturated heterocycles. The minimum Gasteiger partial charge on any atom is -0.493 e. The normalized spacial score (nSPS) is 11.1. The van der Waals surface area contributed by atoms with Crippen molar-refractivity contribution in [2.45, 2.75) is 6.92 Å². The number of carbonyl (C=O) groups excluding carboxylic acids is 1. The zero-order valence-corrected chi connectivity index (χ0v) is 18.0. The molecule has 3 aromatic rings. The average Bonchev–Trinajstić information content (AvgIpc) is 3.31. The van der Waals surface area contributed by atoms with E-state index in [0.29, 0.717) is 34.4 Å². The molecule has 0 aliphatic rings. The van der Waals surface area contributed by atoms with Crippen LogP contribution in [0.4, 0.5) is 0 Å². The first kappa shape index (κ1) is 21.7. The van der Waals surface area contributed by atoms with Gasteiger partial charge in [0.25, 0.3) is 5.91 Å². The summed E-state index contributed by atoms with van der Waals surface area (Å²) >= 11 is 0. The standard InChI is InChI=1S/C22H24N4O5/c1-13(14-6-8-18(28-2)20(10-14)30-4)23-26-22(27)17-12-16(24-25-17)15-7-9-19(29-3)21(11-15)31-5/h6-12H,1-5H3,(H,24,25)(H,26,27). The van der Waals surface area contributed by atoms with Crippen LogP contribution in [0, 0.1) is 0 Å². The van der Waals surface area contributed by atoms with Gasteiger partial charge in [-0.25, -0.2) is 5.43 Å². The van der Waals surface area contributed by atoms with Crippen molar-refractivity contribution in [2.75, 3.05) is 28.4 Å². The molecule has 0 bridgehead atoms. The van der Waals surface area contributed by atoms with Gasteiger partial charge < -0.3 is 18.9 Å². The molecule has 0 unspecified atom stereocenters. The van der Waals surface area contributed by atoms with Gasteiger partial charge in [0.1, 0.15) is 5.69 Å². The molecule has 9 heteroatoms. The van der Waals surface area contributed by atoms with E-state index in [4.69, 9.17) is 18.9 Å². The van der Waals surface area contributed by atoms with Crippen molar-refractivity contribution in [3.63, 3.8) is 0 Å². The van der Waals surface area contributed by atoms with Crippen molar-refractivity contribution < 1.29 is 23.7 Å². The van der Waals surface area contributed by atoms with Crippen LogP contribution in [0.25, 0.3) is 11.3 Å². The molecule has 9 nitrogen and oxygen atoms in total. The van der Waals surface area contributed by atoms with E-state index >= 15 is 0 Å². The summed E-state index contributed by atoms with van der Waals surface area (Å²) in [6.07, 6.45) is 0. The third kappa shape index (κ3) is 4.77. The van der Waals surface area contributed by atoms with Crippen molar-refractivity contribution in [3.8, 4) is 34.3 Å². The van der Waals surface area contributed by atoms with Crippen LogP contribution in [-0.2, 0) is 0 Å². The zero-order chi connectivity index (χ0) is 22.4. The summed E-state index contributed by atoms with van der Waals surface area (Å²) in [5.74, 6) is 1.96. The van der Waals surface area contributed by atoms with Gasteiger partial charge in [0.15, 0.2) is 23.0 Å². The van der Waals surface area contributed by atoms with E-state index < -0.39 is 5.91 Å². The van der Waals surface area contributed by atoms with Crippen LogP contribution in [0.3, 0.4) is 0 Å². The van der Waals surface area contributed by atoms with Crippen molar-refractivity contribution in [3.05, 3.63) is 53.7 Å². The van der Waals surface area contributed by atoms with Gasteiger partial charge >= 0.3 is 0 Å². The highest BCUT2D eigenvalue weighted by molar-refractivity contribution is 6.01. The molecule has 0 aliphatic heterocycles. The molecule has 162 valence electrons. The van der Waals surface area contributed by atoms with Crippen LogP contribution in [0.5, 0.6) is 23.0 Å². The number of hydrogen-bond acceptors (Lipinski definition) is 7. The summed E-state index contributed by atoms with van der Waals surface area (Å²) in [7, 11) is 6.26. The molecular weight excluding hydrogens is 400 g/mol. The number of benzene rings is 2. The second-order valence-electron chi connectivity index (χ2n) is 6.44. The minimum atomic E-state index is -0.418. The van der Waals surface area contributed by atoms with Crippen LogP contribution >= 0.6 is 0 Å². The van der Waals surface area contributed by atoms with Gasteiger partial charge in [0, 0.05) is 11.1 Å². The van der Waals surface area contributed by atoms with E-state index in [0.717, 1.165) is 11.1 Å². The van der Waals surface area contributed by atoms with Gasteiger partial charge in [-0.3, -0.25) is 9.89 Å². The van der Waals surface area contributed by atoms with Crippen LogP contribution in [0.2, 0.25) is 0 Å². The Morgan fingerprint density at radius 3 is 2.13 bits per heavy atom. The van der Waals surface area contributed by atoms with Gasteiger partial charge in [-0.2, -0.15) is 10.2 Å². The maximum atomic E-state index is 12.5. The third-order valence-corrected chi connectivity index (χ3v) is 4.63. The summed E-state index contributed by atoms with van der Waals surface area (Å²) in [5.41, 5.74) is 5.56. The molecule has 0 atom stereocenters. The zero-order valence-electron chi connectivity index (χ0n) is 18.0. The highest BCUT2D eigenvalue weighted by atomic mass is 16.5. The maximum absolute atomic E-state index is 12.5. The number of ether oxygens (including phenoxy) is 4. The highest BCUT2D eigenvalue weighted by Crippen LogP contribution is 2.31. The van der Waals surface area contributed by atoms with E-state index in [1.54, 1.807) is 65.7 Å². The van der Waals surface area contributed by atoms with Gasteiger partial charge in [0.2, 0.25) is 0 Å². The first-order chi connectivity index (χ1) is 15.0. The topological polar surface area (TPSA) is 107 Å². The number of aromatic amines is 1. The largest absolute Gasteiger partial charge is 0.493 e. The fraction of sp³-hybridized carbons (Fsp3) is 0.227. The first-order valence-corrected chi connectivity index (χ1v) is 9.35. The summed E-state index contributed by atoms with van der Waals surface area (Å²) in [6, 6.07) is 12.4. The molecule has 0 aliphatic carbocycles. The second kappa shape index (κ2) is 9.66. The van der Waals surface area contributed by atoms with E-state index in [9.17, 15) is 4.79 Å². The van der Waals surface area contributed by atoms with Gasteiger partial charge in [0.05, 0.1) is 39.8 Å². The van der Waals surface area contributed by atoms with E-state index in [2.05, 4.69) is 20.7 Å². The van der Waals surface area contributed by atoms with Crippen LogP contribution in [-0.4, -0.2) is 50.3 Å². The van der Waals surface area contributed by atoms with Gasteiger partial charge in [-0.15, -0.1) is 0 Å². The lowest BCUT2D eigenvalue weighted by Crippen LogP contribution is -2.19. The Bertz CT molecular complexity index is 1110. The Balaban J connectivity index is 1.74. The average molecular weight is 424 g/mol. The molecule has 0 fully saturated rings. The monoisotopic (exact) mass is 424 g/mol. The van der Waals surface area contributed by atoms with Crippen LogP contribution in [0.1, 0.15) is 23.0 Å². The number of nitrogens with one attached hydrogen (secondary N) is 2. The number of H-pyrrole nitrogens is 1. The molecule has 0 radical (unpaired) electrons. The number of nitrogens with zero attached hydrogens (tertiary/aromatic N) is 2. The second-order valence-corrected chi connectivity index (χ2v) is 6.44. The van der Waals surface area contributed by atoms with Gasteiger partial charge in [-0.05, 0) is 49.4 Å². The van der Waals surface area contributed by atoms with Crippen molar-refractivity contribution in [1.82, 2.24) is 15.6 Å². The number of aromatic nitrogens is 2. The number of methoxy groups -OCH3 is 4. The predicted octanol–water partition coefficient (Wildman–Crippen LogP) is 3.27. The Hall–Kier alpha value is -4.01. The highest BCUT2D eigenvalue weighted by Gasteiger charge is 2.13. The minimum absolute atomic E-state index is 0.272. The van der Waals surface area contributed by atoms with Crippen molar-refractivity contribution in [1.29, 1.82) is 0 Å². The summed E-state index contributed by atoms with van der Waals surface area (Å²) in [4.78, 5) is 12.5. The number of rotatable bonds is 8. The third-order valence-electron chi connectivity index (χ3n) is 4.63. The SMILES string of the molecule is COc1ccc(C(C)=NNC(=O)c2cc(-c3ccc(OC)c(OC)c3)n[nH]2)cc1OC. The first-order valence-electron chi connectivity index (χ1n) is 9.35. The molecule has 2 N–H and O–H groups in total. The Morgan fingerprint density at radius 2 is 1.48 bits per heavy atom. The fourth-order valence-electron chi connectivity index (χ4n) is 2.90. The summed E-state index contributed by atoms with van der Waals surface area (Å²) in [5, 5.41) is 11.1. The molecule has 0 saturated carbocycles. The number of hydrazone groups is 1. The van der Waals surface area contributed by atoms with Crippen molar-refractivity contribution in [2.24, 2.45) is 5.10 Å². The lowest BCUT2D eigenvalue weighted by atomic mass is 10.1. The summed E-state index contributed by atoms with van der Waals surface area (Å²) in [6.45, 7) is 1.78. The van der Waals surface area contributed by atoms with Crippen LogP contribution in [0.15, 0.2) is 47.6 Å². The Kier molecular flexibility index (Phi) is 6.76. The number of hydrogen-bond donors (Lipinski definition) is 2. The molecule has 1 aromatic heterocycles. The number of amides is 1. The van der Waals surface area contributed by atoms with Crippen molar-refractivity contribution >= 4 is 11.6 Å². The van der Waals surface area contributed by atoms with E-state index in [1.807, 2.05) is 12.1 Å².